The third-order valence-electron chi connectivity index (χ3n) is 2.24. The van der Waals surface area contributed by atoms with E-state index in [4.69, 9.17) is 11.6 Å². The van der Waals surface area contributed by atoms with Crippen molar-refractivity contribution in [1.29, 1.82) is 0 Å². The number of hydrogen-bond acceptors (Lipinski definition) is 3. The Hall–Kier alpha value is -0.900. The van der Waals surface area contributed by atoms with Crippen molar-refractivity contribution >= 4 is 22.9 Å². The maximum atomic E-state index is 5.91. The lowest BCUT2D eigenvalue weighted by Gasteiger charge is -2.03. The van der Waals surface area contributed by atoms with E-state index in [0.29, 0.717) is 0 Å². The van der Waals surface area contributed by atoms with Crippen molar-refractivity contribution < 1.29 is 0 Å². The first-order chi connectivity index (χ1) is 7.84. The van der Waals surface area contributed by atoms with E-state index >= 15 is 0 Å². The lowest BCUT2D eigenvalue weighted by atomic mass is 10.1. The van der Waals surface area contributed by atoms with E-state index in [1.165, 1.54) is 5.56 Å². The minimum Gasteiger partial charge on any atom is -0.310 e. The second-order valence-corrected chi connectivity index (χ2v) is 4.90. The molecule has 0 aliphatic heterocycles. The summed E-state index contributed by atoms with van der Waals surface area (Å²) < 4.78 is 0. The number of thiazole rings is 1. The molecule has 0 radical (unpaired) electrons. The smallest absolute Gasteiger partial charge is 0.106 e. The average molecular weight is 253 g/mol. The van der Waals surface area contributed by atoms with Crippen LogP contribution in [0.5, 0.6) is 0 Å². The van der Waals surface area contributed by atoms with Crippen molar-refractivity contribution in [2.24, 2.45) is 0 Å². The summed E-state index contributed by atoms with van der Waals surface area (Å²) in [5, 5.41) is 7.29. The third-order valence-corrected chi connectivity index (χ3v) is 3.25. The number of nitrogens with one attached hydrogen (secondary N) is 1. The van der Waals surface area contributed by atoms with E-state index in [9.17, 15) is 0 Å². The molecule has 2 nitrogen and oxygen atoms in total. The van der Waals surface area contributed by atoms with Crippen LogP contribution in [-0.4, -0.2) is 11.5 Å². The molecular formula is C12H13ClN2S. The molecule has 0 atom stereocenters. The maximum Gasteiger partial charge on any atom is 0.106 e. The highest BCUT2D eigenvalue weighted by atomic mass is 35.5. The summed E-state index contributed by atoms with van der Waals surface area (Å²) in [4.78, 5) is 4.21. The van der Waals surface area contributed by atoms with Crippen LogP contribution in [0.3, 0.4) is 0 Å². The van der Waals surface area contributed by atoms with Gasteiger partial charge in [-0.1, -0.05) is 23.7 Å². The van der Waals surface area contributed by atoms with Gasteiger partial charge in [0.1, 0.15) is 5.01 Å². The van der Waals surface area contributed by atoms with E-state index in [2.05, 4.69) is 16.4 Å². The molecule has 0 unspecified atom stereocenters. The molecule has 0 saturated heterocycles. The zero-order valence-corrected chi connectivity index (χ0v) is 10.4. The fourth-order valence-corrected chi connectivity index (χ4v) is 2.26. The fraction of sp³-hybridized carbons (Fsp3) is 0.250. The first-order valence-corrected chi connectivity index (χ1v) is 6.44. The standard InChI is InChI=1S/C12H13ClN2S/c13-11-3-1-2-10(8-11)4-5-14-9-12-15-6-7-16-12/h1-3,6-8,14H,4-5,9H2. The zero-order chi connectivity index (χ0) is 11.2. The van der Waals surface area contributed by atoms with Gasteiger partial charge < -0.3 is 5.32 Å². The van der Waals surface area contributed by atoms with Gasteiger partial charge in [-0.25, -0.2) is 4.98 Å². The number of rotatable bonds is 5. The van der Waals surface area contributed by atoms with E-state index < -0.39 is 0 Å². The van der Waals surface area contributed by atoms with Gasteiger partial charge in [0.2, 0.25) is 0 Å². The molecule has 0 spiro atoms. The largest absolute Gasteiger partial charge is 0.310 e. The average Bonchev–Trinajstić information content (AvgIpc) is 2.77. The van der Waals surface area contributed by atoms with Crippen LogP contribution in [0.4, 0.5) is 0 Å². The van der Waals surface area contributed by atoms with Gasteiger partial charge in [-0.15, -0.1) is 11.3 Å². The highest BCUT2D eigenvalue weighted by molar-refractivity contribution is 7.09. The number of aromatic nitrogens is 1. The number of benzene rings is 1. The molecule has 1 N–H and O–H groups in total. The number of halogens is 1. The monoisotopic (exact) mass is 252 g/mol. The van der Waals surface area contributed by atoms with Gasteiger partial charge in [-0.3, -0.25) is 0 Å². The van der Waals surface area contributed by atoms with Crippen molar-refractivity contribution in [3.8, 4) is 0 Å². The van der Waals surface area contributed by atoms with Crippen LogP contribution in [0.15, 0.2) is 35.8 Å². The van der Waals surface area contributed by atoms with Crippen LogP contribution in [0.2, 0.25) is 5.02 Å². The molecule has 84 valence electrons. The molecule has 1 aromatic carbocycles. The summed E-state index contributed by atoms with van der Waals surface area (Å²) in [7, 11) is 0. The molecule has 4 heteroatoms. The van der Waals surface area contributed by atoms with Crippen LogP contribution in [0, 0.1) is 0 Å². The molecular weight excluding hydrogens is 240 g/mol. The van der Waals surface area contributed by atoms with Crippen LogP contribution in [0.1, 0.15) is 10.6 Å². The second kappa shape index (κ2) is 5.99. The zero-order valence-electron chi connectivity index (χ0n) is 8.82. The van der Waals surface area contributed by atoms with Gasteiger partial charge in [0, 0.05) is 23.1 Å². The van der Waals surface area contributed by atoms with Crippen LogP contribution >= 0.6 is 22.9 Å². The Balaban J connectivity index is 1.72. The Bertz CT molecular complexity index is 428. The van der Waals surface area contributed by atoms with Gasteiger partial charge in [-0.2, -0.15) is 0 Å². The van der Waals surface area contributed by atoms with Gasteiger partial charge in [-0.05, 0) is 30.7 Å². The summed E-state index contributed by atoms with van der Waals surface area (Å²) >= 11 is 7.59. The van der Waals surface area contributed by atoms with Gasteiger partial charge in [0.15, 0.2) is 0 Å². The molecule has 0 bridgehead atoms. The molecule has 0 saturated carbocycles. The molecule has 1 heterocycles. The Morgan fingerprint density at radius 3 is 3.06 bits per heavy atom. The molecule has 0 fully saturated rings. The van der Waals surface area contributed by atoms with E-state index in [-0.39, 0.29) is 0 Å². The summed E-state index contributed by atoms with van der Waals surface area (Å²) in [5.74, 6) is 0. The first kappa shape index (κ1) is 11.6. The minimum absolute atomic E-state index is 0.803. The van der Waals surface area contributed by atoms with E-state index in [1.807, 2.05) is 29.8 Å². The Labute approximate surface area is 104 Å². The number of hydrogen-bond donors (Lipinski definition) is 1. The molecule has 2 rings (SSSR count). The predicted octanol–water partition coefficient (Wildman–Crippen LogP) is 3.13. The first-order valence-electron chi connectivity index (χ1n) is 5.18. The highest BCUT2D eigenvalue weighted by Gasteiger charge is 1.96. The lowest BCUT2D eigenvalue weighted by molar-refractivity contribution is 0.684. The molecule has 16 heavy (non-hydrogen) atoms. The normalized spacial score (nSPS) is 10.6. The highest BCUT2D eigenvalue weighted by Crippen LogP contribution is 2.10. The van der Waals surface area contributed by atoms with Crippen molar-refractivity contribution in [3.63, 3.8) is 0 Å². The van der Waals surface area contributed by atoms with Gasteiger partial charge in [0.25, 0.3) is 0 Å². The van der Waals surface area contributed by atoms with Crippen molar-refractivity contribution in [1.82, 2.24) is 10.3 Å². The van der Waals surface area contributed by atoms with Crippen molar-refractivity contribution in [3.05, 3.63) is 51.4 Å². The topological polar surface area (TPSA) is 24.9 Å². The lowest BCUT2D eigenvalue weighted by Crippen LogP contribution is -2.16. The minimum atomic E-state index is 0.803. The number of nitrogens with zero attached hydrogens (tertiary/aromatic N) is 1. The summed E-state index contributed by atoms with van der Waals surface area (Å²) in [6, 6.07) is 7.98. The summed E-state index contributed by atoms with van der Waals surface area (Å²) in [6.07, 6.45) is 2.82. The maximum absolute atomic E-state index is 5.91. The van der Waals surface area contributed by atoms with E-state index in [1.54, 1.807) is 11.3 Å². The Kier molecular flexibility index (Phi) is 4.34. The molecule has 0 amide bonds. The van der Waals surface area contributed by atoms with Gasteiger partial charge >= 0.3 is 0 Å². The third kappa shape index (κ3) is 3.59. The SMILES string of the molecule is Clc1cccc(CCNCc2nccs2)c1. The van der Waals surface area contributed by atoms with Crippen LogP contribution in [-0.2, 0) is 13.0 Å². The van der Waals surface area contributed by atoms with E-state index in [0.717, 1.165) is 29.5 Å². The molecule has 0 aliphatic carbocycles. The Morgan fingerprint density at radius 2 is 2.31 bits per heavy atom. The fourth-order valence-electron chi connectivity index (χ4n) is 1.46. The molecule has 0 aliphatic rings. The molecule has 1 aromatic heterocycles. The quantitative estimate of drug-likeness (QED) is 0.827. The van der Waals surface area contributed by atoms with Crippen molar-refractivity contribution in [2.75, 3.05) is 6.54 Å². The summed E-state index contributed by atoms with van der Waals surface area (Å²) in [5.41, 5.74) is 1.26. The van der Waals surface area contributed by atoms with Crippen LogP contribution in [0.25, 0.3) is 0 Å². The van der Waals surface area contributed by atoms with Gasteiger partial charge in [0.05, 0.1) is 0 Å². The van der Waals surface area contributed by atoms with Crippen LogP contribution < -0.4 is 5.32 Å². The van der Waals surface area contributed by atoms with Crippen molar-refractivity contribution in [2.45, 2.75) is 13.0 Å². The summed E-state index contributed by atoms with van der Waals surface area (Å²) in [6.45, 7) is 1.79. The predicted molar refractivity (Wildman–Crippen MR) is 69.0 cm³/mol. The molecule has 2 aromatic rings. The second-order valence-electron chi connectivity index (χ2n) is 3.48. The Morgan fingerprint density at radius 1 is 1.38 bits per heavy atom.